The number of carbonyl (C=O) groups excluding carboxylic acids is 1. The van der Waals surface area contributed by atoms with Crippen LogP contribution in [-0.4, -0.2) is 34.0 Å². The van der Waals surface area contributed by atoms with Crippen molar-refractivity contribution in [2.45, 2.75) is 6.42 Å². The summed E-state index contributed by atoms with van der Waals surface area (Å²) in [5.41, 5.74) is 0.953. The van der Waals surface area contributed by atoms with Gasteiger partial charge in [0.1, 0.15) is 11.5 Å². The Kier molecular flexibility index (Phi) is 5.77. The van der Waals surface area contributed by atoms with Gasteiger partial charge in [-0.05, 0) is 40.0 Å². The number of alkyl carbamates (subject to hydrolysis) is 1. The van der Waals surface area contributed by atoms with E-state index >= 15 is 0 Å². The van der Waals surface area contributed by atoms with E-state index in [0.29, 0.717) is 13.0 Å². The van der Waals surface area contributed by atoms with E-state index in [0.717, 1.165) is 21.5 Å². The zero-order chi connectivity index (χ0) is 13.5. The van der Waals surface area contributed by atoms with Gasteiger partial charge in [-0.25, -0.2) is 4.79 Å². The van der Waals surface area contributed by atoms with Crippen LogP contribution in [0.1, 0.15) is 5.56 Å². The van der Waals surface area contributed by atoms with Crippen LogP contribution in [0.5, 0.6) is 11.5 Å². The normalized spacial score (nSPS) is 9.78. The summed E-state index contributed by atoms with van der Waals surface area (Å²) in [6.45, 7) is 0.466. The van der Waals surface area contributed by atoms with Crippen molar-refractivity contribution in [3.05, 3.63) is 22.2 Å². The Morgan fingerprint density at radius 1 is 1.22 bits per heavy atom. The van der Waals surface area contributed by atoms with Crippen LogP contribution < -0.4 is 14.8 Å². The number of carbonyl (C=O) groups is 1. The Hall–Kier alpha value is -1.43. The van der Waals surface area contributed by atoms with Gasteiger partial charge in [0, 0.05) is 6.54 Å². The molecule has 0 saturated carbocycles. The molecule has 0 atom stereocenters. The fraction of sp³-hybridized carbons (Fsp3) is 0.417. The molecule has 0 aliphatic rings. The van der Waals surface area contributed by atoms with Crippen molar-refractivity contribution in [3.8, 4) is 11.5 Å². The summed E-state index contributed by atoms with van der Waals surface area (Å²) < 4.78 is 15.8. The van der Waals surface area contributed by atoms with Crippen molar-refractivity contribution in [1.29, 1.82) is 0 Å². The van der Waals surface area contributed by atoms with Gasteiger partial charge in [0.2, 0.25) is 0 Å². The zero-order valence-corrected chi connectivity index (χ0v) is 12.2. The number of nitrogens with one attached hydrogen (secondary N) is 1. The quantitative estimate of drug-likeness (QED) is 0.905. The summed E-state index contributed by atoms with van der Waals surface area (Å²) in [5, 5.41) is 2.61. The lowest BCUT2D eigenvalue weighted by Gasteiger charge is -2.12. The van der Waals surface area contributed by atoms with Gasteiger partial charge < -0.3 is 19.5 Å². The first-order chi connectivity index (χ1) is 8.62. The highest BCUT2D eigenvalue weighted by Crippen LogP contribution is 2.32. The highest BCUT2D eigenvalue weighted by Gasteiger charge is 2.09. The molecule has 5 nitrogen and oxygen atoms in total. The van der Waals surface area contributed by atoms with Gasteiger partial charge in [-0.3, -0.25) is 0 Å². The maximum atomic E-state index is 10.9. The van der Waals surface area contributed by atoms with E-state index in [1.807, 2.05) is 12.1 Å². The van der Waals surface area contributed by atoms with Crippen molar-refractivity contribution in [1.82, 2.24) is 5.32 Å². The third-order valence-electron chi connectivity index (χ3n) is 2.40. The molecule has 1 rings (SSSR count). The SMILES string of the molecule is COC(=O)NCCc1cc(OC)c(Br)cc1OC. The average molecular weight is 318 g/mol. The summed E-state index contributed by atoms with van der Waals surface area (Å²) in [5.74, 6) is 1.47. The first-order valence-electron chi connectivity index (χ1n) is 5.34. The van der Waals surface area contributed by atoms with Crippen molar-refractivity contribution < 1.29 is 19.0 Å². The van der Waals surface area contributed by atoms with Gasteiger partial charge in [0.05, 0.1) is 25.8 Å². The lowest BCUT2D eigenvalue weighted by Crippen LogP contribution is -2.25. The molecular weight excluding hydrogens is 302 g/mol. The van der Waals surface area contributed by atoms with Gasteiger partial charge in [-0.2, -0.15) is 0 Å². The summed E-state index contributed by atoms with van der Waals surface area (Å²) in [6, 6.07) is 3.72. The third-order valence-corrected chi connectivity index (χ3v) is 3.02. The number of methoxy groups -OCH3 is 3. The predicted molar refractivity (Wildman–Crippen MR) is 71.4 cm³/mol. The van der Waals surface area contributed by atoms with E-state index in [9.17, 15) is 4.79 Å². The lowest BCUT2D eigenvalue weighted by atomic mass is 10.1. The Morgan fingerprint density at radius 2 is 1.89 bits per heavy atom. The molecule has 0 radical (unpaired) electrons. The largest absolute Gasteiger partial charge is 0.496 e. The number of ether oxygens (including phenoxy) is 3. The van der Waals surface area contributed by atoms with E-state index < -0.39 is 6.09 Å². The monoisotopic (exact) mass is 317 g/mol. The molecule has 0 aliphatic heterocycles. The number of hydrogen-bond acceptors (Lipinski definition) is 4. The minimum Gasteiger partial charge on any atom is -0.496 e. The van der Waals surface area contributed by atoms with E-state index in [2.05, 4.69) is 26.0 Å². The fourth-order valence-electron chi connectivity index (χ4n) is 1.49. The fourth-order valence-corrected chi connectivity index (χ4v) is 1.97. The molecule has 0 bridgehead atoms. The van der Waals surface area contributed by atoms with Crippen LogP contribution >= 0.6 is 15.9 Å². The molecular formula is C12H16BrNO4. The van der Waals surface area contributed by atoms with E-state index in [-0.39, 0.29) is 0 Å². The summed E-state index contributed by atoms with van der Waals surface area (Å²) in [6.07, 6.45) is 0.181. The molecule has 18 heavy (non-hydrogen) atoms. The Morgan fingerprint density at radius 3 is 2.44 bits per heavy atom. The molecule has 0 spiro atoms. The Balaban J connectivity index is 2.76. The molecule has 0 aromatic heterocycles. The second kappa shape index (κ2) is 7.10. The zero-order valence-electron chi connectivity index (χ0n) is 10.6. The van der Waals surface area contributed by atoms with Crippen molar-refractivity contribution in [3.63, 3.8) is 0 Å². The second-order valence-electron chi connectivity index (χ2n) is 3.47. The highest BCUT2D eigenvalue weighted by molar-refractivity contribution is 9.10. The van der Waals surface area contributed by atoms with Crippen LogP contribution in [0.4, 0.5) is 4.79 Å². The maximum absolute atomic E-state index is 10.9. The number of benzene rings is 1. The average Bonchev–Trinajstić information content (AvgIpc) is 2.39. The molecule has 1 aromatic carbocycles. The van der Waals surface area contributed by atoms with Gasteiger partial charge in [0.25, 0.3) is 0 Å². The van der Waals surface area contributed by atoms with Crippen LogP contribution in [-0.2, 0) is 11.2 Å². The third kappa shape index (κ3) is 3.80. The van der Waals surface area contributed by atoms with E-state index in [1.165, 1.54) is 7.11 Å². The molecule has 100 valence electrons. The molecule has 0 fully saturated rings. The van der Waals surface area contributed by atoms with E-state index in [4.69, 9.17) is 9.47 Å². The Bertz CT molecular complexity index is 423. The first-order valence-corrected chi connectivity index (χ1v) is 6.14. The van der Waals surface area contributed by atoms with Gasteiger partial charge in [0.15, 0.2) is 0 Å². The molecule has 1 aromatic rings. The van der Waals surface area contributed by atoms with Gasteiger partial charge in [-0.15, -0.1) is 0 Å². The summed E-state index contributed by atoms with van der Waals surface area (Å²) in [4.78, 5) is 10.9. The van der Waals surface area contributed by atoms with Crippen molar-refractivity contribution in [2.75, 3.05) is 27.9 Å². The van der Waals surface area contributed by atoms with Crippen molar-refractivity contribution >= 4 is 22.0 Å². The van der Waals surface area contributed by atoms with Crippen LogP contribution in [0, 0.1) is 0 Å². The molecule has 6 heteroatoms. The van der Waals surface area contributed by atoms with Crippen LogP contribution in [0.3, 0.4) is 0 Å². The number of halogens is 1. The number of rotatable bonds is 5. The first kappa shape index (κ1) is 14.6. The summed E-state index contributed by atoms with van der Waals surface area (Å²) >= 11 is 3.39. The number of amides is 1. The van der Waals surface area contributed by atoms with Crippen LogP contribution in [0.2, 0.25) is 0 Å². The molecule has 0 saturated heterocycles. The van der Waals surface area contributed by atoms with E-state index in [1.54, 1.807) is 14.2 Å². The smallest absolute Gasteiger partial charge is 0.406 e. The molecule has 1 amide bonds. The highest BCUT2D eigenvalue weighted by atomic mass is 79.9. The maximum Gasteiger partial charge on any atom is 0.406 e. The minimum atomic E-state index is -0.446. The topological polar surface area (TPSA) is 56.8 Å². The molecule has 0 unspecified atom stereocenters. The van der Waals surface area contributed by atoms with Crippen LogP contribution in [0.15, 0.2) is 16.6 Å². The molecule has 0 heterocycles. The molecule has 0 aliphatic carbocycles. The Labute approximate surface area is 115 Å². The van der Waals surface area contributed by atoms with Crippen LogP contribution in [0.25, 0.3) is 0 Å². The van der Waals surface area contributed by atoms with Gasteiger partial charge in [-0.1, -0.05) is 0 Å². The lowest BCUT2D eigenvalue weighted by molar-refractivity contribution is 0.171. The predicted octanol–water partition coefficient (Wildman–Crippen LogP) is 2.36. The minimum absolute atomic E-state index is 0.446. The number of hydrogen-bond donors (Lipinski definition) is 1. The summed E-state index contributed by atoms with van der Waals surface area (Å²) in [7, 11) is 4.53. The van der Waals surface area contributed by atoms with Gasteiger partial charge >= 0.3 is 6.09 Å². The second-order valence-corrected chi connectivity index (χ2v) is 4.32. The van der Waals surface area contributed by atoms with Crippen molar-refractivity contribution in [2.24, 2.45) is 0 Å². The standard InChI is InChI=1S/C12H16BrNO4/c1-16-10-7-9(13)11(17-2)6-8(10)4-5-14-12(15)18-3/h6-7H,4-5H2,1-3H3,(H,14,15). The molecule has 1 N–H and O–H groups in total.